The highest BCUT2D eigenvalue weighted by molar-refractivity contribution is 14.0. The summed E-state index contributed by atoms with van der Waals surface area (Å²) in [6.07, 6.45) is 3.74. The van der Waals surface area contributed by atoms with Crippen LogP contribution in [0.3, 0.4) is 0 Å². The Bertz CT molecular complexity index is 777. The Morgan fingerprint density at radius 3 is 2.43 bits per heavy atom. The SMILES string of the molecule is CCNC(=NCC(C)(C)CCS(C)(=O)=O)NCC1(c2ccccc2F)CC1.I. The first-order valence-corrected chi connectivity index (χ1v) is 11.6. The van der Waals surface area contributed by atoms with Crippen LogP contribution in [-0.2, 0) is 15.3 Å². The van der Waals surface area contributed by atoms with Crippen LogP contribution in [0.1, 0.15) is 45.6 Å². The monoisotopic (exact) mass is 525 g/mol. The van der Waals surface area contributed by atoms with Crippen molar-refractivity contribution in [3.8, 4) is 0 Å². The first-order valence-electron chi connectivity index (χ1n) is 9.52. The van der Waals surface area contributed by atoms with Gasteiger partial charge in [-0.1, -0.05) is 32.0 Å². The molecule has 0 radical (unpaired) electrons. The number of nitrogens with zero attached hydrogens (tertiary/aromatic N) is 1. The third-order valence-corrected chi connectivity index (χ3v) is 6.00. The number of aliphatic imine (C=N–C) groups is 1. The minimum Gasteiger partial charge on any atom is -0.357 e. The molecule has 0 aliphatic heterocycles. The summed E-state index contributed by atoms with van der Waals surface area (Å²) in [5, 5.41) is 6.57. The van der Waals surface area contributed by atoms with E-state index in [1.807, 2.05) is 32.9 Å². The minimum absolute atomic E-state index is 0. The van der Waals surface area contributed by atoms with Gasteiger partial charge in [-0.2, -0.15) is 0 Å². The molecule has 0 bridgehead atoms. The summed E-state index contributed by atoms with van der Waals surface area (Å²) in [7, 11) is -2.98. The van der Waals surface area contributed by atoms with Crippen molar-refractivity contribution in [3.05, 3.63) is 35.6 Å². The molecular formula is C20H33FIN3O2S. The fourth-order valence-electron chi connectivity index (χ4n) is 3.01. The maximum atomic E-state index is 14.2. The van der Waals surface area contributed by atoms with Crippen LogP contribution in [0.2, 0.25) is 0 Å². The second-order valence-corrected chi connectivity index (χ2v) is 10.6. The summed E-state index contributed by atoms with van der Waals surface area (Å²) in [5.74, 6) is 0.698. The number of hydrogen-bond acceptors (Lipinski definition) is 3. The molecule has 160 valence electrons. The average molecular weight is 525 g/mol. The average Bonchev–Trinajstić information content (AvgIpc) is 3.37. The predicted molar refractivity (Wildman–Crippen MR) is 125 cm³/mol. The van der Waals surface area contributed by atoms with E-state index in [1.165, 1.54) is 12.3 Å². The predicted octanol–water partition coefficient (Wildman–Crippen LogP) is 3.49. The standard InChI is InChI=1S/C20H32FN3O2S.HI/c1-5-22-18(23-14-19(2,3)12-13-27(4,25)26)24-15-20(10-11-20)16-8-6-7-9-17(16)21;/h6-9H,5,10-15H2,1-4H3,(H2,22,23,24);1H. The summed E-state index contributed by atoms with van der Waals surface area (Å²) >= 11 is 0. The van der Waals surface area contributed by atoms with Crippen molar-refractivity contribution in [2.75, 3.05) is 31.6 Å². The van der Waals surface area contributed by atoms with E-state index in [4.69, 9.17) is 0 Å². The van der Waals surface area contributed by atoms with E-state index in [-0.39, 0.29) is 46.4 Å². The van der Waals surface area contributed by atoms with Gasteiger partial charge in [0.05, 0.1) is 5.75 Å². The van der Waals surface area contributed by atoms with Crippen molar-refractivity contribution >= 4 is 39.8 Å². The number of sulfone groups is 1. The zero-order chi connectivity index (χ0) is 20.1. The number of hydrogen-bond donors (Lipinski definition) is 2. The zero-order valence-corrected chi connectivity index (χ0v) is 20.4. The van der Waals surface area contributed by atoms with Crippen molar-refractivity contribution in [2.45, 2.75) is 45.4 Å². The van der Waals surface area contributed by atoms with Gasteiger partial charge in [0.15, 0.2) is 5.96 Å². The number of halogens is 2. The van der Waals surface area contributed by atoms with Crippen LogP contribution < -0.4 is 10.6 Å². The molecule has 0 heterocycles. The lowest BCUT2D eigenvalue weighted by molar-refractivity contribution is 0.365. The lowest BCUT2D eigenvalue weighted by Crippen LogP contribution is -2.42. The molecular weight excluding hydrogens is 492 g/mol. The molecule has 0 unspecified atom stereocenters. The molecule has 1 aliphatic rings. The summed E-state index contributed by atoms with van der Waals surface area (Å²) in [6, 6.07) is 6.97. The molecule has 8 heteroatoms. The van der Waals surface area contributed by atoms with E-state index in [0.717, 1.165) is 24.9 Å². The second kappa shape index (κ2) is 10.2. The van der Waals surface area contributed by atoms with Crippen LogP contribution >= 0.6 is 24.0 Å². The molecule has 0 spiro atoms. The number of rotatable bonds is 9. The summed E-state index contributed by atoms with van der Waals surface area (Å²) in [5.41, 5.74) is 0.392. The lowest BCUT2D eigenvalue weighted by Gasteiger charge is -2.24. The first-order chi connectivity index (χ1) is 12.6. The fourth-order valence-corrected chi connectivity index (χ4v) is 3.94. The molecule has 1 aliphatic carbocycles. The van der Waals surface area contributed by atoms with Gasteiger partial charge < -0.3 is 10.6 Å². The molecule has 1 aromatic rings. The fraction of sp³-hybridized carbons (Fsp3) is 0.650. The van der Waals surface area contributed by atoms with Crippen molar-refractivity contribution < 1.29 is 12.8 Å². The molecule has 28 heavy (non-hydrogen) atoms. The molecule has 1 fully saturated rings. The van der Waals surface area contributed by atoms with E-state index < -0.39 is 9.84 Å². The Morgan fingerprint density at radius 1 is 1.25 bits per heavy atom. The Morgan fingerprint density at radius 2 is 1.89 bits per heavy atom. The molecule has 0 amide bonds. The Hall–Kier alpha value is -0.900. The highest BCUT2D eigenvalue weighted by Gasteiger charge is 2.45. The van der Waals surface area contributed by atoms with E-state index in [9.17, 15) is 12.8 Å². The molecule has 1 saturated carbocycles. The van der Waals surface area contributed by atoms with Crippen LogP contribution in [0.5, 0.6) is 0 Å². The second-order valence-electron chi connectivity index (χ2n) is 8.35. The van der Waals surface area contributed by atoms with Gasteiger partial charge in [0.25, 0.3) is 0 Å². The quantitative estimate of drug-likeness (QED) is 0.294. The molecule has 1 aromatic carbocycles. The van der Waals surface area contributed by atoms with E-state index in [1.54, 1.807) is 6.07 Å². The van der Waals surface area contributed by atoms with Crippen LogP contribution in [0.25, 0.3) is 0 Å². The third kappa shape index (κ3) is 7.85. The Kier molecular flexibility index (Phi) is 9.18. The topological polar surface area (TPSA) is 70.6 Å². The maximum absolute atomic E-state index is 14.2. The van der Waals surface area contributed by atoms with Gasteiger partial charge >= 0.3 is 0 Å². The smallest absolute Gasteiger partial charge is 0.191 e. The third-order valence-electron chi connectivity index (χ3n) is 5.05. The van der Waals surface area contributed by atoms with Crippen LogP contribution in [0.4, 0.5) is 4.39 Å². The highest BCUT2D eigenvalue weighted by Crippen LogP contribution is 2.48. The number of guanidine groups is 1. The van der Waals surface area contributed by atoms with Gasteiger partial charge in [-0.25, -0.2) is 12.8 Å². The van der Waals surface area contributed by atoms with E-state index >= 15 is 0 Å². The van der Waals surface area contributed by atoms with Crippen molar-refractivity contribution in [1.29, 1.82) is 0 Å². The Balaban J connectivity index is 0.00000392. The molecule has 2 rings (SSSR count). The summed E-state index contributed by atoms with van der Waals surface area (Å²) < 4.78 is 37.0. The summed E-state index contributed by atoms with van der Waals surface area (Å²) in [4.78, 5) is 4.64. The molecule has 2 N–H and O–H groups in total. The molecule has 0 atom stereocenters. The lowest BCUT2D eigenvalue weighted by atomic mass is 9.90. The van der Waals surface area contributed by atoms with Crippen molar-refractivity contribution in [1.82, 2.24) is 10.6 Å². The normalized spacial score (nSPS) is 16.2. The van der Waals surface area contributed by atoms with Gasteiger partial charge in [0, 0.05) is 31.3 Å². The highest BCUT2D eigenvalue weighted by atomic mass is 127. The Labute approximate surface area is 185 Å². The zero-order valence-electron chi connectivity index (χ0n) is 17.2. The van der Waals surface area contributed by atoms with Crippen molar-refractivity contribution in [2.24, 2.45) is 10.4 Å². The molecule has 0 saturated heterocycles. The number of benzene rings is 1. The van der Waals surface area contributed by atoms with Crippen LogP contribution in [0, 0.1) is 11.2 Å². The molecule has 5 nitrogen and oxygen atoms in total. The largest absolute Gasteiger partial charge is 0.357 e. The van der Waals surface area contributed by atoms with E-state index in [0.29, 0.717) is 25.5 Å². The van der Waals surface area contributed by atoms with Gasteiger partial charge in [-0.05, 0) is 43.2 Å². The van der Waals surface area contributed by atoms with Gasteiger partial charge in [0.1, 0.15) is 15.7 Å². The summed E-state index contributed by atoms with van der Waals surface area (Å²) in [6.45, 7) is 7.91. The maximum Gasteiger partial charge on any atom is 0.191 e. The van der Waals surface area contributed by atoms with Gasteiger partial charge in [-0.3, -0.25) is 4.99 Å². The van der Waals surface area contributed by atoms with Gasteiger partial charge in [-0.15, -0.1) is 24.0 Å². The molecule has 0 aromatic heterocycles. The first kappa shape index (κ1) is 25.1. The van der Waals surface area contributed by atoms with Gasteiger partial charge in [0.2, 0.25) is 0 Å². The van der Waals surface area contributed by atoms with Crippen LogP contribution in [0.15, 0.2) is 29.3 Å². The van der Waals surface area contributed by atoms with E-state index in [2.05, 4.69) is 15.6 Å². The van der Waals surface area contributed by atoms with Crippen molar-refractivity contribution in [3.63, 3.8) is 0 Å². The minimum atomic E-state index is -2.98. The van der Waals surface area contributed by atoms with Crippen LogP contribution in [-0.4, -0.2) is 46.0 Å². The number of nitrogens with one attached hydrogen (secondary N) is 2.